The second kappa shape index (κ2) is 6.87. The first-order valence-corrected chi connectivity index (χ1v) is 10.6. The number of hydrogen-bond donors (Lipinski definition) is 1. The fourth-order valence-corrected chi connectivity index (χ4v) is 4.82. The SMILES string of the molecule is CC(C)(C)c1ccc(Cn2nccc2NC(=O)C2CCS(=O)(=O)C2)cc1. The molecular weight excluding hydrogens is 350 g/mol. The lowest BCUT2D eigenvalue weighted by molar-refractivity contribution is -0.119. The van der Waals surface area contributed by atoms with Crippen LogP contribution in [-0.2, 0) is 26.6 Å². The summed E-state index contributed by atoms with van der Waals surface area (Å²) in [6, 6.07) is 10.1. The highest BCUT2D eigenvalue weighted by Crippen LogP contribution is 2.23. The fourth-order valence-electron chi connectivity index (χ4n) is 3.08. The summed E-state index contributed by atoms with van der Waals surface area (Å²) in [7, 11) is -3.08. The number of rotatable bonds is 4. The molecule has 2 aromatic rings. The third kappa shape index (κ3) is 4.33. The van der Waals surface area contributed by atoms with Gasteiger partial charge in [-0.1, -0.05) is 45.0 Å². The molecule has 1 fully saturated rings. The fraction of sp³-hybridized carbons (Fsp3) is 0.474. The second-order valence-corrected chi connectivity index (χ2v) is 10.1. The molecule has 1 saturated heterocycles. The monoisotopic (exact) mass is 375 g/mol. The van der Waals surface area contributed by atoms with E-state index in [-0.39, 0.29) is 22.8 Å². The van der Waals surface area contributed by atoms with Crippen molar-refractivity contribution in [2.75, 3.05) is 16.8 Å². The van der Waals surface area contributed by atoms with E-state index in [2.05, 4.69) is 55.5 Å². The maximum Gasteiger partial charge on any atom is 0.229 e. The Labute approximate surface area is 154 Å². The molecule has 1 unspecified atom stereocenters. The van der Waals surface area contributed by atoms with Gasteiger partial charge in [0.15, 0.2) is 9.84 Å². The van der Waals surface area contributed by atoms with Gasteiger partial charge in [-0.2, -0.15) is 5.10 Å². The summed E-state index contributed by atoms with van der Waals surface area (Å²) >= 11 is 0. The predicted molar refractivity (Wildman–Crippen MR) is 102 cm³/mol. The van der Waals surface area contributed by atoms with Crippen LogP contribution in [0.1, 0.15) is 38.3 Å². The Hall–Kier alpha value is -2.15. The zero-order chi connectivity index (χ0) is 18.9. The lowest BCUT2D eigenvalue weighted by Gasteiger charge is -2.19. The van der Waals surface area contributed by atoms with E-state index in [1.54, 1.807) is 16.9 Å². The third-order valence-corrected chi connectivity index (χ3v) is 6.49. The average Bonchev–Trinajstić information content (AvgIpc) is 3.13. The molecule has 3 rings (SSSR count). The summed E-state index contributed by atoms with van der Waals surface area (Å²) in [5.74, 6) is -0.129. The molecule has 0 radical (unpaired) electrons. The molecule has 1 amide bonds. The molecule has 6 nitrogen and oxygen atoms in total. The molecule has 0 spiro atoms. The van der Waals surface area contributed by atoms with Crippen molar-refractivity contribution in [1.82, 2.24) is 9.78 Å². The summed E-state index contributed by atoms with van der Waals surface area (Å²) in [5, 5.41) is 7.10. The maximum absolute atomic E-state index is 12.3. The van der Waals surface area contributed by atoms with Gasteiger partial charge >= 0.3 is 0 Å². The highest BCUT2D eigenvalue weighted by Gasteiger charge is 2.33. The molecule has 0 aliphatic carbocycles. The highest BCUT2D eigenvalue weighted by atomic mass is 32.2. The van der Waals surface area contributed by atoms with Crippen molar-refractivity contribution < 1.29 is 13.2 Å². The predicted octanol–water partition coefficient (Wildman–Crippen LogP) is 2.60. The van der Waals surface area contributed by atoms with Gasteiger partial charge in [0.2, 0.25) is 5.91 Å². The first kappa shape index (κ1) is 18.6. The maximum atomic E-state index is 12.3. The summed E-state index contributed by atoms with van der Waals surface area (Å²) in [6.45, 7) is 7.06. The van der Waals surface area contributed by atoms with Crippen molar-refractivity contribution in [3.8, 4) is 0 Å². The van der Waals surface area contributed by atoms with Gasteiger partial charge in [0.25, 0.3) is 0 Å². The molecule has 26 heavy (non-hydrogen) atoms. The Bertz CT molecular complexity index is 893. The van der Waals surface area contributed by atoms with Gasteiger partial charge in [-0.25, -0.2) is 13.1 Å². The zero-order valence-electron chi connectivity index (χ0n) is 15.4. The summed E-state index contributed by atoms with van der Waals surface area (Å²) in [6.07, 6.45) is 2.01. The topological polar surface area (TPSA) is 81.1 Å². The first-order valence-electron chi connectivity index (χ1n) is 8.76. The van der Waals surface area contributed by atoms with E-state index in [9.17, 15) is 13.2 Å². The van der Waals surface area contributed by atoms with Gasteiger partial charge < -0.3 is 5.32 Å². The van der Waals surface area contributed by atoms with Gasteiger partial charge in [-0.3, -0.25) is 4.79 Å². The molecule has 1 N–H and O–H groups in total. The number of anilines is 1. The van der Waals surface area contributed by atoms with Crippen molar-refractivity contribution >= 4 is 21.6 Å². The van der Waals surface area contributed by atoms with E-state index in [0.29, 0.717) is 18.8 Å². The van der Waals surface area contributed by atoms with Crippen LogP contribution in [0.2, 0.25) is 0 Å². The normalized spacial score (nSPS) is 19.4. The van der Waals surface area contributed by atoms with Crippen LogP contribution in [0.3, 0.4) is 0 Å². The molecule has 2 heterocycles. The molecule has 0 saturated carbocycles. The summed E-state index contributed by atoms with van der Waals surface area (Å²) in [5.41, 5.74) is 2.45. The van der Waals surface area contributed by atoms with Crippen LogP contribution in [-0.4, -0.2) is 35.6 Å². The minimum Gasteiger partial charge on any atom is -0.311 e. The van der Waals surface area contributed by atoms with Gasteiger partial charge in [0, 0.05) is 6.07 Å². The highest BCUT2D eigenvalue weighted by molar-refractivity contribution is 7.91. The molecule has 1 aromatic heterocycles. The van der Waals surface area contributed by atoms with Crippen LogP contribution < -0.4 is 5.32 Å². The molecule has 1 aromatic carbocycles. The van der Waals surface area contributed by atoms with Crippen LogP contribution in [0.5, 0.6) is 0 Å². The Morgan fingerprint density at radius 3 is 2.50 bits per heavy atom. The van der Waals surface area contributed by atoms with E-state index in [0.717, 1.165) is 5.56 Å². The number of hydrogen-bond acceptors (Lipinski definition) is 4. The standard InChI is InChI=1S/C19H25N3O3S/c1-19(2,3)16-6-4-14(5-7-16)12-22-17(8-10-20-22)21-18(23)15-9-11-26(24,25)13-15/h4-8,10,15H,9,11-13H2,1-3H3,(H,21,23). The molecule has 1 aliphatic heterocycles. The quantitative estimate of drug-likeness (QED) is 0.891. The Kier molecular flexibility index (Phi) is 4.92. The van der Waals surface area contributed by atoms with Crippen LogP contribution in [0.4, 0.5) is 5.82 Å². The lowest BCUT2D eigenvalue weighted by Crippen LogP contribution is -2.25. The second-order valence-electron chi connectivity index (χ2n) is 7.91. The lowest BCUT2D eigenvalue weighted by atomic mass is 9.87. The van der Waals surface area contributed by atoms with Crippen molar-refractivity contribution in [2.45, 2.75) is 39.2 Å². The van der Waals surface area contributed by atoms with Crippen molar-refractivity contribution in [3.05, 3.63) is 47.7 Å². The number of carbonyl (C=O) groups is 1. The minimum atomic E-state index is -3.08. The number of carbonyl (C=O) groups excluding carboxylic acids is 1. The van der Waals surface area contributed by atoms with Crippen molar-refractivity contribution in [3.63, 3.8) is 0 Å². The van der Waals surface area contributed by atoms with E-state index in [1.165, 1.54) is 5.56 Å². The van der Waals surface area contributed by atoms with E-state index in [1.807, 2.05) is 0 Å². The number of amides is 1. The molecule has 1 aliphatic rings. The number of sulfone groups is 1. The van der Waals surface area contributed by atoms with Gasteiger partial charge in [0.1, 0.15) is 5.82 Å². The number of nitrogens with one attached hydrogen (secondary N) is 1. The zero-order valence-corrected chi connectivity index (χ0v) is 16.2. The van der Waals surface area contributed by atoms with Crippen LogP contribution >= 0.6 is 0 Å². The largest absolute Gasteiger partial charge is 0.311 e. The number of nitrogens with zero attached hydrogens (tertiary/aromatic N) is 2. The van der Waals surface area contributed by atoms with Gasteiger partial charge in [-0.15, -0.1) is 0 Å². The number of benzene rings is 1. The van der Waals surface area contributed by atoms with Crippen LogP contribution in [0.25, 0.3) is 0 Å². The third-order valence-electron chi connectivity index (χ3n) is 4.72. The average molecular weight is 375 g/mol. The first-order chi connectivity index (χ1) is 12.1. The molecular formula is C19H25N3O3S. The van der Waals surface area contributed by atoms with Gasteiger partial charge in [0.05, 0.1) is 30.2 Å². The van der Waals surface area contributed by atoms with E-state index in [4.69, 9.17) is 0 Å². The Balaban J connectivity index is 1.68. The number of aromatic nitrogens is 2. The van der Waals surface area contributed by atoms with Gasteiger partial charge in [-0.05, 0) is 23.0 Å². The van der Waals surface area contributed by atoms with Crippen LogP contribution in [0.15, 0.2) is 36.5 Å². The molecule has 7 heteroatoms. The van der Waals surface area contributed by atoms with Crippen molar-refractivity contribution in [1.29, 1.82) is 0 Å². The van der Waals surface area contributed by atoms with E-state index >= 15 is 0 Å². The smallest absolute Gasteiger partial charge is 0.229 e. The van der Waals surface area contributed by atoms with E-state index < -0.39 is 15.8 Å². The van der Waals surface area contributed by atoms with Crippen molar-refractivity contribution in [2.24, 2.45) is 5.92 Å². The minimum absolute atomic E-state index is 0.0682. The molecule has 1 atom stereocenters. The molecule has 140 valence electrons. The molecule has 0 bridgehead atoms. The Morgan fingerprint density at radius 1 is 1.23 bits per heavy atom. The summed E-state index contributed by atoms with van der Waals surface area (Å²) < 4.78 is 24.8. The Morgan fingerprint density at radius 2 is 1.92 bits per heavy atom. The summed E-state index contributed by atoms with van der Waals surface area (Å²) in [4.78, 5) is 12.3. The van der Waals surface area contributed by atoms with Crippen LogP contribution in [0, 0.1) is 5.92 Å².